The molecule has 31 heavy (non-hydrogen) atoms. The van der Waals surface area contributed by atoms with Crippen molar-refractivity contribution in [3.8, 4) is 0 Å². The number of carbonyl (C=O) groups excluding carboxylic acids is 1. The lowest BCUT2D eigenvalue weighted by molar-refractivity contribution is -0.379. The quantitative estimate of drug-likeness (QED) is 0.479. The molecule has 0 fully saturated rings. The molecule has 2 atom stereocenters. The van der Waals surface area contributed by atoms with Crippen molar-refractivity contribution in [3.05, 3.63) is 63.0 Å². The molecule has 0 aromatic heterocycles. The van der Waals surface area contributed by atoms with E-state index in [0.29, 0.717) is 17.4 Å². The number of carbonyl (C=O) groups is 1. The third kappa shape index (κ3) is 6.43. The molecule has 1 aliphatic rings. The maximum Gasteiger partial charge on any atom is 0.273 e. The zero-order chi connectivity index (χ0) is 23.0. The van der Waals surface area contributed by atoms with Gasteiger partial charge in [-0.05, 0) is 42.4 Å². The first-order valence-corrected chi connectivity index (χ1v) is 11.6. The normalized spacial score (nSPS) is 15.6. The van der Waals surface area contributed by atoms with Crippen molar-refractivity contribution in [2.45, 2.75) is 44.0 Å². The van der Waals surface area contributed by atoms with Gasteiger partial charge in [-0.15, -0.1) is 0 Å². The van der Waals surface area contributed by atoms with E-state index in [1.807, 2.05) is 18.2 Å². The minimum Gasteiger partial charge on any atom is -0.400 e. The van der Waals surface area contributed by atoms with E-state index in [4.69, 9.17) is 16.7 Å². The van der Waals surface area contributed by atoms with Gasteiger partial charge in [0.2, 0.25) is 0 Å². The van der Waals surface area contributed by atoms with Crippen LogP contribution in [0.2, 0.25) is 5.02 Å². The number of nitrogens with one attached hydrogen (secondary N) is 3. The Morgan fingerprint density at radius 3 is 2.68 bits per heavy atom. The molecule has 0 bridgehead atoms. The number of hydrogen-bond acceptors (Lipinski definition) is 4. The standard InChI is InChI=1S/C21H24ClN3O3S.CH4O/c1-13(2)9-10-23-29(28)15-11-17(20(22)19(12-15)25-27)21(26)24-18-8-7-14-5-3-4-6-16(14)18;1-2/h3-6,11-13,18,23H,7-10H2,1-2H3,(H,24,26);2H,1H3/p+1. The summed E-state index contributed by atoms with van der Waals surface area (Å²) >= 11 is 6.27. The van der Waals surface area contributed by atoms with Crippen LogP contribution in [0.5, 0.6) is 0 Å². The zero-order valence-corrected chi connectivity index (χ0v) is 19.5. The topological polar surface area (TPSA) is 109 Å². The summed E-state index contributed by atoms with van der Waals surface area (Å²) < 4.78 is 15.5. The summed E-state index contributed by atoms with van der Waals surface area (Å²) in [5, 5.41) is 11.8. The smallest absolute Gasteiger partial charge is 0.273 e. The van der Waals surface area contributed by atoms with Crippen LogP contribution >= 0.6 is 11.6 Å². The molecule has 4 N–H and O–H groups in total. The number of benzene rings is 2. The Morgan fingerprint density at radius 1 is 1.29 bits per heavy atom. The van der Waals surface area contributed by atoms with Crippen LogP contribution in [0.4, 0.5) is 5.69 Å². The Labute approximate surface area is 190 Å². The van der Waals surface area contributed by atoms with Crippen LogP contribution in [0.3, 0.4) is 0 Å². The average molecular weight is 467 g/mol. The van der Waals surface area contributed by atoms with Gasteiger partial charge in [0.25, 0.3) is 11.6 Å². The number of aryl methyl sites for hydroxylation is 1. The number of nitroso groups, excluding NO2 is 1. The van der Waals surface area contributed by atoms with Crippen molar-refractivity contribution < 1.29 is 19.3 Å². The van der Waals surface area contributed by atoms with Crippen molar-refractivity contribution in [1.29, 1.82) is 0 Å². The van der Waals surface area contributed by atoms with Gasteiger partial charge in [0.1, 0.15) is 16.0 Å². The monoisotopic (exact) mass is 466 g/mol. The lowest BCUT2D eigenvalue weighted by atomic mass is 10.1. The van der Waals surface area contributed by atoms with Crippen molar-refractivity contribution in [3.63, 3.8) is 0 Å². The number of hydrogen-bond donors (Lipinski definition) is 4. The van der Waals surface area contributed by atoms with Gasteiger partial charge in [0, 0.05) is 29.8 Å². The minimum atomic E-state index is -1.55. The van der Waals surface area contributed by atoms with E-state index in [2.05, 4.69) is 30.0 Å². The van der Waals surface area contributed by atoms with Gasteiger partial charge < -0.3 is 10.4 Å². The van der Waals surface area contributed by atoms with Crippen LogP contribution in [-0.4, -0.2) is 28.9 Å². The summed E-state index contributed by atoms with van der Waals surface area (Å²) in [5.74, 6) is 0.0773. The van der Waals surface area contributed by atoms with Crippen molar-refractivity contribution in [2.24, 2.45) is 5.92 Å². The van der Waals surface area contributed by atoms with E-state index in [9.17, 15) is 13.9 Å². The Balaban J connectivity index is 0.00000166. The highest BCUT2D eigenvalue weighted by atomic mass is 35.5. The third-order valence-electron chi connectivity index (χ3n) is 5.01. The summed E-state index contributed by atoms with van der Waals surface area (Å²) in [4.78, 5) is 24.6. The number of halogens is 1. The van der Waals surface area contributed by atoms with Crippen LogP contribution in [0.25, 0.3) is 0 Å². The molecule has 168 valence electrons. The first kappa shape index (κ1) is 25.1. The fourth-order valence-corrected chi connectivity index (χ4v) is 4.56. The van der Waals surface area contributed by atoms with Gasteiger partial charge in [-0.2, -0.15) is 0 Å². The number of aliphatic hydroxyl groups is 1. The van der Waals surface area contributed by atoms with Crippen LogP contribution in [-0.2, 0) is 17.4 Å². The Hall–Kier alpha value is -2.13. The lowest BCUT2D eigenvalue weighted by Gasteiger charge is -2.15. The van der Waals surface area contributed by atoms with E-state index in [1.165, 1.54) is 17.7 Å². The SMILES string of the molecule is CC(C)CCNS(=O)c1cc([NH+]=O)c(Cl)c(C(=O)NC2CCc3ccccc32)c1.CO. The summed E-state index contributed by atoms with van der Waals surface area (Å²) in [6.45, 7) is 4.72. The average Bonchev–Trinajstić information content (AvgIpc) is 3.17. The highest BCUT2D eigenvalue weighted by molar-refractivity contribution is 7.83. The maximum atomic E-state index is 12.9. The van der Waals surface area contributed by atoms with Gasteiger partial charge in [0.15, 0.2) is 0 Å². The van der Waals surface area contributed by atoms with Crippen LogP contribution in [0.15, 0.2) is 41.3 Å². The van der Waals surface area contributed by atoms with Gasteiger partial charge in [-0.25, -0.2) is 8.93 Å². The Kier molecular flexibility index (Phi) is 9.77. The molecule has 1 aliphatic carbocycles. The van der Waals surface area contributed by atoms with E-state index in [1.54, 1.807) is 5.18 Å². The molecule has 0 radical (unpaired) electrons. The first-order chi connectivity index (χ1) is 14.9. The number of rotatable bonds is 8. The largest absolute Gasteiger partial charge is 0.400 e. The van der Waals surface area contributed by atoms with Crippen LogP contribution in [0.1, 0.15) is 54.2 Å². The number of aliphatic hydroxyl groups excluding tert-OH is 1. The lowest BCUT2D eigenvalue weighted by Crippen LogP contribution is -2.56. The molecule has 2 unspecified atom stereocenters. The fourth-order valence-electron chi connectivity index (χ4n) is 3.41. The first-order valence-electron chi connectivity index (χ1n) is 10.1. The molecule has 9 heteroatoms. The molecule has 0 heterocycles. The van der Waals surface area contributed by atoms with Gasteiger partial charge in [-0.3, -0.25) is 4.79 Å². The molecule has 1 amide bonds. The molecular formula is C22H29ClN3O4S+. The molecule has 2 aromatic carbocycles. The molecule has 0 saturated carbocycles. The second-order valence-corrected chi connectivity index (χ2v) is 9.22. The predicted octanol–water partition coefficient (Wildman–Crippen LogP) is 2.50. The zero-order valence-electron chi connectivity index (χ0n) is 17.9. The summed E-state index contributed by atoms with van der Waals surface area (Å²) in [5.41, 5.74) is 2.47. The number of amides is 1. The second-order valence-electron chi connectivity index (χ2n) is 7.54. The highest BCUT2D eigenvalue weighted by Gasteiger charge is 2.27. The van der Waals surface area contributed by atoms with Crippen molar-refractivity contribution in [1.82, 2.24) is 10.0 Å². The highest BCUT2D eigenvalue weighted by Crippen LogP contribution is 2.32. The van der Waals surface area contributed by atoms with E-state index >= 15 is 0 Å². The molecule has 2 aromatic rings. The Bertz CT molecular complexity index is 952. The van der Waals surface area contributed by atoms with Crippen molar-refractivity contribution >= 4 is 34.2 Å². The molecule has 0 spiro atoms. The van der Waals surface area contributed by atoms with Crippen molar-refractivity contribution in [2.75, 3.05) is 13.7 Å². The van der Waals surface area contributed by atoms with Gasteiger partial charge >= 0.3 is 0 Å². The van der Waals surface area contributed by atoms with Gasteiger partial charge in [0.05, 0.1) is 16.5 Å². The fraction of sp³-hybridized carbons (Fsp3) is 0.409. The summed E-state index contributed by atoms with van der Waals surface area (Å²) in [6.07, 6.45) is 2.56. The van der Waals surface area contributed by atoms with E-state index in [0.717, 1.165) is 31.9 Å². The summed E-state index contributed by atoms with van der Waals surface area (Å²) in [6, 6.07) is 10.8. The van der Waals surface area contributed by atoms with Gasteiger partial charge in [-0.1, -0.05) is 49.7 Å². The Morgan fingerprint density at radius 2 is 2.00 bits per heavy atom. The predicted molar refractivity (Wildman–Crippen MR) is 122 cm³/mol. The van der Waals surface area contributed by atoms with E-state index in [-0.39, 0.29) is 22.3 Å². The second kappa shape index (κ2) is 12.0. The summed E-state index contributed by atoms with van der Waals surface area (Å²) in [7, 11) is -0.555. The van der Waals surface area contributed by atoms with Crippen LogP contribution < -0.4 is 15.2 Å². The molecule has 7 nitrogen and oxygen atoms in total. The molecule has 0 aliphatic heterocycles. The molecule has 0 saturated heterocycles. The molecular weight excluding hydrogens is 438 g/mol. The third-order valence-corrected chi connectivity index (χ3v) is 6.55. The minimum absolute atomic E-state index is 0.0201. The maximum absolute atomic E-state index is 12.9. The van der Waals surface area contributed by atoms with E-state index < -0.39 is 16.9 Å². The number of fused-ring (bicyclic) bond motifs is 1. The molecule has 3 rings (SSSR count). The van der Waals surface area contributed by atoms with Crippen LogP contribution in [0, 0.1) is 10.8 Å².